The summed E-state index contributed by atoms with van der Waals surface area (Å²) in [4.78, 5) is 0. The smallest absolute Gasteiger partial charge is 0.0124 e. The van der Waals surface area contributed by atoms with E-state index in [2.05, 4.69) is 33.0 Å². The van der Waals surface area contributed by atoms with Crippen molar-refractivity contribution in [2.24, 2.45) is 29.6 Å². The molecule has 0 amide bonds. The first kappa shape index (κ1) is 12.4. The minimum Gasteiger partial charge on any atom is -0.313 e. The molecule has 1 N–H and O–H groups in total. The lowest BCUT2D eigenvalue weighted by Gasteiger charge is -2.28. The SMILES string of the molecule is CC(C)C(CNC(C1CC1)C1CC1)C(C)C. The van der Waals surface area contributed by atoms with E-state index < -0.39 is 0 Å². The Bertz CT molecular complexity index is 185. The molecule has 0 bridgehead atoms. The summed E-state index contributed by atoms with van der Waals surface area (Å²) in [5.74, 6) is 4.54. The summed E-state index contributed by atoms with van der Waals surface area (Å²) in [7, 11) is 0. The standard InChI is InChI=1S/C15H29N/c1-10(2)14(11(3)4)9-16-15(12-5-6-12)13-7-8-13/h10-16H,5-9H2,1-4H3. The van der Waals surface area contributed by atoms with E-state index in [0.717, 1.165) is 35.6 Å². The molecule has 0 aromatic heterocycles. The van der Waals surface area contributed by atoms with E-state index in [1.165, 1.54) is 32.2 Å². The van der Waals surface area contributed by atoms with Crippen molar-refractivity contribution in [1.29, 1.82) is 0 Å². The lowest BCUT2D eigenvalue weighted by atomic mass is 9.85. The van der Waals surface area contributed by atoms with Gasteiger partial charge in [0.2, 0.25) is 0 Å². The Hall–Kier alpha value is -0.0400. The second-order valence-electron chi connectivity index (χ2n) is 6.76. The second-order valence-corrected chi connectivity index (χ2v) is 6.76. The van der Waals surface area contributed by atoms with E-state index >= 15 is 0 Å². The third-order valence-electron chi connectivity index (χ3n) is 4.56. The molecule has 0 atom stereocenters. The Morgan fingerprint density at radius 2 is 1.31 bits per heavy atom. The molecule has 0 radical (unpaired) electrons. The quantitative estimate of drug-likeness (QED) is 0.694. The van der Waals surface area contributed by atoms with Crippen molar-refractivity contribution in [2.45, 2.75) is 59.4 Å². The Morgan fingerprint density at radius 3 is 1.62 bits per heavy atom. The van der Waals surface area contributed by atoms with Crippen LogP contribution in [0.2, 0.25) is 0 Å². The van der Waals surface area contributed by atoms with E-state index in [9.17, 15) is 0 Å². The molecule has 0 spiro atoms. The van der Waals surface area contributed by atoms with Gasteiger partial charge in [-0.25, -0.2) is 0 Å². The number of hydrogen-bond donors (Lipinski definition) is 1. The summed E-state index contributed by atoms with van der Waals surface area (Å²) in [6.45, 7) is 10.7. The van der Waals surface area contributed by atoms with E-state index in [-0.39, 0.29) is 0 Å². The fourth-order valence-corrected chi connectivity index (χ4v) is 3.14. The Labute approximate surface area is 101 Å². The Morgan fingerprint density at radius 1 is 0.875 bits per heavy atom. The van der Waals surface area contributed by atoms with Gasteiger partial charge in [-0.05, 0) is 61.8 Å². The average Bonchev–Trinajstić information content (AvgIpc) is 3.01. The van der Waals surface area contributed by atoms with Crippen LogP contribution < -0.4 is 5.32 Å². The van der Waals surface area contributed by atoms with E-state index in [0.29, 0.717) is 0 Å². The monoisotopic (exact) mass is 223 g/mol. The first-order valence-corrected chi connectivity index (χ1v) is 7.33. The van der Waals surface area contributed by atoms with Crippen LogP contribution in [0.5, 0.6) is 0 Å². The van der Waals surface area contributed by atoms with Crippen molar-refractivity contribution in [3.63, 3.8) is 0 Å². The van der Waals surface area contributed by atoms with Crippen LogP contribution in [-0.2, 0) is 0 Å². The molecule has 2 rings (SSSR count). The van der Waals surface area contributed by atoms with Crippen molar-refractivity contribution >= 4 is 0 Å². The van der Waals surface area contributed by atoms with Crippen molar-refractivity contribution in [2.75, 3.05) is 6.54 Å². The highest BCUT2D eigenvalue weighted by Crippen LogP contribution is 2.44. The van der Waals surface area contributed by atoms with Crippen LogP contribution in [0.1, 0.15) is 53.4 Å². The summed E-state index contributed by atoms with van der Waals surface area (Å²) in [6, 6.07) is 0.875. The first-order chi connectivity index (χ1) is 7.59. The third kappa shape index (κ3) is 3.23. The largest absolute Gasteiger partial charge is 0.313 e. The number of nitrogens with one attached hydrogen (secondary N) is 1. The fraction of sp³-hybridized carbons (Fsp3) is 1.00. The average molecular weight is 223 g/mol. The van der Waals surface area contributed by atoms with Gasteiger partial charge in [0.15, 0.2) is 0 Å². The van der Waals surface area contributed by atoms with E-state index in [1.807, 2.05) is 0 Å². The van der Waals surface area contributed by atoms with Crippen LogP contribution in [0.15, 0.2) is 0 Å². The molecule has 2 aliphatic carbocycles. The molecule has 1 heteroatoms. The second kappa shape index (κ2) is 5.08. The minimum atomic E-state index is 0.812. The van der Waals surface area contributed by atoms with Gasteiger partial charge in [-0.3, -0.25) is 0 Å². The molecule has 16 heavy (non-hydrogen) atoms. The minimum absolute atomic E-state index is 0.812. The van der Waals surface area contributed by atoms with Crippen molar-refractivity contribution in [3.8, 4) is 0 Å². The van der Waals surface area contributed by atoms with Crippen LogP contribution in [0, 0.1) is 29.6 Å². The zero-order valence-corrected chi connectivity index (χ0v) is 11.5. The van der Waals surface area contributed by atoms with Gasteiger partial charge in [0.05, 0.1) is 0 Å². The zero-order chi connectivity index (χ0) is 11.7. The van der Waals surface area contributed by atoms with Crippen molar-refractivity contribution < 1.29 is 0 Å². The van der Waals surface area contributed by atoms with Gasteiger partial charge >= 0.3 is 0 Å². The van der Waals surface area contributed by atoms with Crippen LogP contribution in [0.4, 0.5) is 0 Å². The van der Waals surface area contributed by atoms with Gasteiger partial charge in [-0.2, -0.15) is 0 Å². The molecule has 0 unspecified atom stereocenters. The third-order valence-corrected chi connectivity index (χ3v) is 4.56. The van der Waals surface area contributed by atoms with Crippen molar-refractivity contribution in [1.82, 2.24) is 5.32 Å². The molecule has 1 nitrogen and oxygen atoms in total. The van der Waals surface area contributed by atoms with Gasteiger partial charge in [0.1, 0.15) is 0 Å². The lowest BCUT2D eigenvalue weighted by molar-refractivity contribution is 0.254. The lowest BCUT2D eigenvalue weighted by Crippen LogP contribution is -2.39. The fourth-order valence-electron chi connectivity index (χ4n) is 3.14. The van der Waals surface area contributed by atoms with Gasteiger partial charge < -0.3 is 5.32 Å². The van der Waals surface area contributed by atoms with Gasteiger partial charge in [0.25, 0.3) is 0 Å². The topological polar surface area (TPSA) is 12.0 Å². The predicted octanol–water partition coefficient (Wildman–Crippen LogP) is 3.69. The normalized spacial score (nSPS) is 21.8. The van der Waals surface area contributed by atoms with Crippen LogP contribution >= 0.6 is 0 Å². The van der Waals surface area contributed by atoms with Crippen LogP contribution in [0.3, 0.4) is 0 Å². The Balaban J connectivity index is 1.78. The van der Waals surface area contributed by atoms with E-state index in [1.54, 1.807) is 0 Å². The summed E-state index contributed by atoms with van der Waals surface area (Å²) in [5, 5.41) is 3.91. The zero-order valence-electron chi connectivity index (χ0n) is 11.5. The van der Waals surface area contributed by atoms with Crippen LogP contribution in [0.25, 0.3) is 0 Å². The maximum absolute atomic E-state index is 3.91. The number of rotatable bonds is 7. The van der Waals surface area contributed by atoms with Crippen molar-refractivity contribution in [3.05, 3.63) is 0 Å². The van der Waals surface area contributed by atoms with Crippen LogP contribution in [-0.4, -0.2) is 12.6 Å². The molecule has 2 fully saturated rings. The summed E-state index contributed by atoms with van der Waals surface area (Å²) in [5.41, 5.74) is 0. The van der Waals surface area contributed by atoms with Gasteiger partial charge in [-0.15, -0.1) is 0 Å². The molecule has 0 aromatic carbocycles. The highest BCUT2D eigenvalue weighted by molar-refractivity contribution is 4.96. The summed E-state index contributed by atoms with van der Waals surface area (Å²) < 4.78 is 0. The predicted molar refractivity (Wildman–Crippen MR) is 70.4 cm³/mol. The van der Waals surface area contributed by atoms with E-state index in [4.69, 9.17) is 0 Å². The summed E-state index contributed by atoms with van der Waals surface area (Å²) in [6.07, 6.45) is 5.95. The van der Waals surface area contributed by atoms with Gasteiger partial charge in [0, 0.05) is 6.04 Å². The molecule has 0 aliphatic heterocycles. The van der Waals surface area contributed by atoms with Gasteiger partial charge in [-0.1, -0.05) is 27.7 Å². The molecule has 0 heterocycles. The molecule has 0 aromatic rings. The highest BCUT2D eigenvalue weighted by Gasteiger charge is 2.41. The molecular weight excluding hydrogens is 194 g/mol. The molecular formula is C15H29N. The molecule has 94 valence electrons. The maximum Gasteiger partial charge on any atom is 0.0124 e. The Kier molecular flexibility index (Phi) is 3.94. The first-order valence-electron chi connectivity index (χ1n) is 7.33. The molecule has 2 aliphatic rings. The number of hydrogen-bond acceptors (Lipinski definition) is 1. The maximum atomic E-state index is 3.91. The highest BCUT2D eigenvalue weighted by atomic mass is 15.0. The summed E-state index contributed by atoms with van der Waals surface area (Å²) >= 11 is 0. The molecule has 0 saturated heterocycles. The molecule has 2 saturated carbocycles.